The molecule has 0 bridgehead atoms. The molecular formula is C16H20N2O3. The quantitative estimate of drug-likeness (QED) is 0.870. The number of hydrogen-bond acceptors (Lipinski definition) is 4. The summed E-state index contributed by atoms with van der Waals surface area (Å²) in [4.78, 5) is 13.1. The summed E-state index contributed by atoms with van der Waals surface area (Å²) < 4.78 is 5.13. The average Bonchev–Trinajstić information content (AvgIpc) is 3.00. The van der Waals surface area contributed by atoms with E-state index in [1.54, 1.807) is 12.1 Å². The van der Waals surface area contributed by atoms with E-state index in [2.05, 4.69) is 6.07 Å². The van der Waals surface area contributed by atoms with Crippen LogP contribution in [0, 0.1) is 11.3 Å². The molecule has 112 valence electrons. The fourth-order valence-corrected chi connectivity index (χ4v) is 2.93. The monoisotopic (exact) mass is 288 g/mol. The van der Waals surface area contributed by atoms with Crippen molar-refractivity contribution in [3.8, 4) is 11.8 Å². The molecule has 2 rings (SSSR count). The first-order valence-corrected chi connectivity index (χ1v) is 7.17. The number of carboxylic acids is 1. The average molecular weight is 288 g/mol. The van der Waals surface area contributed by atoms with Crippen molar-refractivity contribution in [2.45, 2.75) is 38.3 Å². The van der Waals surface area contributed by atoms with Crippen LogP contribution in [0.2, 0.25) is 0 Å². The maximum Gasteiger partial charge on any atom is 0.317 e. The first-order chi connectivity index (χ1) is 10.1. The fraction of sp³-hybridized carbons (Fsp3) is 0.500. The molecule has 0 amide bonds. The summed E-state index contributed by atoms with van der Waals surface area (Å²) in [6, 6.07) is 7.88. The number of benzene rings is 1. The molecule has 0 saturated heterocycles. The lowest BCUT2D eigenvalue weighted by atomic mass is 10.1. The molecule has 0 aromatic heterocycles. The molecule has 1 aromatic rings. The maximum absolute atomic E-state index is 11.1. The molecular weight excluding hydrogens is 268 g/mol. The highest BCUT2D eigenvalue weighted by Gasteiger charge is 2.24. The van der Waals surface area contributed by atoms with Gasteiger partial charge in [0.15, 0.2) is 0 Å². The first-order valence-electron chi connectivity index (χ1n) is 7.17. The molecule has 1 saturated carbocycles. The molecule has 1 aliphatic rings. The van der Waals surface area contributed by atoms with Gasteiger partial charge in [0.1, 0.15) is 11.8 Å². The number of ether oxygens (including phenoxy) is 1. The number of rotatable bonds is 6. The summed E-state index contributed by atoms with van der Waals surface area (Å²) in [5.41, 5.74) is 1.43. The van der Waals surface area contributed by atoms with Gasteiger partial charge in [0, 0.05) is 12.6 Å². The van der Waals surface area contributed by atoms with Crippen molar-refractivity contribution in [2.75, 3.05) is 13.7 Å². The third-order valence-corrected chi connectivity index (χ3v) is 3.95. The van der Waals surface area contributed by atoms with E-state index in [1.165, 1.54) is 7.11 Å². The molecule has 21 heavy (non-hydrogen) atoms. The Morgan fingerprint density at radius 3 is 2.76 bits per heavy atom. The molecule has 0 atom stereocenters. The van der Waals surface area contributed by atoms with Crippen molar-refractivity contribution in [1.29, 1.82) is 5.26 Å². The number of carbonyl (C=O) groups is 1. The molecule has 1 N–H and O–H groups in total. The van der Waals surface area contributed by atoms with E-state index in [9.17, 15) is 4.79 Å². The Labute approximate surface area is 124 Å². The largest absolute Gasteiger partial charge is 0.495 e. The maximum atomic E-state index is 11.1. The van der Waals surface area contributed by atoms with E-state index in [-0.39, 0.29) is 6.54 Å². The van der Waals surface area contributed by atoms with Crippen LogP contribution >= 0.6 is 0 Å². The molecule has 1 aliphatic carbocycles. The van der Waals surface area contributed by atoms with Crippen LogP contribution < -0.4 is 4.74 Å². The summed E-state index contributed by atoms with van der Waals surface area (Å²) >= 11 is 0. The Morgan fingerprint density at radius 1 is 1.48 bits per heavy atom. The lowest BCUT2D eigenvalue weighted by molar-refractivity contribution is -0.139. The third-order valence-electron chi connectivity index (χ3n) is 3.95. The molecule has 0 spiro atoms. The summed E-state index contributed by atoms with van der Waals surface area (Å²) in [7, 11) is 1.53. The zero-order valence-corrected chi connectivity index (χ0v) is 12.2. The van der Waals surface area contributed by atoms with Gasteiger partial charge in [-0.15, -0.1) is 0 Å². The Kier molecular flexibility index (Phi) is 5.18. The predicted molar refractivity (Wildman–Crippen MR) is 78.0 cm³/mol. The third kappa shape index (κ3) is 3.96. The van der Waals surface area contributed by atoms with Gasteiger partial charge < -0.3 is 9.84 Å². The standard InChI is InChI=1S/C16H20N2O3/c1-21-15-7-6-12(8-13(15)9-17)10-18(11-16(19)20)14-4-2-3-5-14/h6-8,14H,2-5,10-11H2,1H3,(H,19,20). The molecule has 5 heteroatoms. The van der Waals surface area contributed by atoms with Crippen LogP contribution in [0.3, 0.4) is 0 Å². The van der Waals surface area contributed by atoms with Gasteiger partial charge in [0.25, 0.3) is 0 Å². The number of nitrogens with zero attached hydrogens (tertiary/aromatic N) is 2. The summed E-state index contributed by atoms with van der Waals surface area (Å²) in [6.07, 6.45) is 4.42. The minimum Gasteiger partial charge on any atom is -0.495 e. The van der Waals surface area contributed by atoms with E-state index < -0.39 is 5.97 Å². The van der Waals surface area contributed by atoms with Crippen LogP contribution in [0.15, 0.2) is 18.2 Å². The second-order valence-electron chi connectivity index (χ2n) is 5.38. The highest BCUT2D eigenvalue weighted by Crippen LogP contribution is 2.26. The Bertz CT molecular complexity index is 545. The number of aliphatic carboxylic acids is 1. The van der Waals surface area contributed by atoms with E-state index in [1.807, 2.05) is 11.0 Å². The van der Waals surface area contributed by atoms with Crippen LogP contribution in [0.1, 0.15) is 36.8 Å². The lowest BCUT2D eigenvalue weighted by Crippen LogP contribution is -2.37. The van der Waals surface area contributed by atoms with Crippen molar-refractivity contribution in [1.82, 2.24) is 4.90 Å². The zero-order chi connectivity index (χ0) is 15.2. The topological polar surface area (TPSA) is 73.6 Å². The molecule has 0 heterocycles. The zero-order valence-electron chi connectivity index (χ0n) is 12.2. The smallest absolute Gasteiger partial charge is 0.317 e. The number of carboxylic acid groups (broad SMARTS) is 1. The fourth-order valence-electron chi connectivity index (χ4n) is 2.93. The van der Waals surface area contributed by atoms with Gasteiger partial charge in [0.05, 0.1) is 19.2 Å². The number of nitriles is 1. The van der Waals surface area contributed by atoms with E-state index in [0.29, 0.717) is 23.9 Å². The van der Waals surface area contributed by atoms with Crippen LogP contribution in [0.25, 0.3) is 0 Å². The van der Waals surface area contributed by atoms with E-state index >= 15 is 0 Å². The molecule has 0 unspecified atom stereocenters. The Morgan fingerprint density at radius 2 is 2.19 bits per heavy atom. The van der Waals surface area contributed by atoms with Crippen molar-refractivity contribution in [2.24, 2.45) is 0 Å². The van der Waals surface area contributed by atoms with Gasteiger partial charge in [0.2, 0.25) is 0 Å². The minimum atomic E-state index is -0.809. The van der Waals surface area contributed by atoms with Gasteiger partial charge in [-0.3, -0.25) is 9.69 Å². The Balaban J connectivity index is 2.15. The molecule has 5 nitrogen and oxygen atoms in total. The van der Waals surface area contributed by atoms with Crippen molar-refractivity contribution < 1.29 is 14.6 Å². The molecule has 1 fully saturated rings. The van der Waals surface area contributed by atoms with Crippen LogP contribution in [0.5, 0.6) is 5.75 Å². The van der Waals surface area contributed by atoms with Gasteiger partial charge >= 0.3 is 5.97 Å². The van der Waals surface area contributed by atoms with Gasteiger partial charge in [-0.2, -0.15) is 5.26 Å². The van der Waals surface area contributed by atoms with E-state index in [0.717, 1.165) is 31.2 Å². The SMILES string of the molecule is COc1ccc(CN(CC(=O)O)C2CCCC2)cc1C#N. The summed E-state index contributed by atoms with van der Waals surface area (Å²) in [5.74, 6) is -0.261. The normalized spacial score (nSPS) is 15.1. The number of hydrogen-bond donors (Lipinski definition) is 1. The van der Waals surface area contributed by atoms with Crippen molar-refractivity contribution in [3.63, 3.8) is 0 Å². The number of methoxy groups -OCH3 is 1. The highest BCUT2D eigenvalue weighted by molar-refractivity contribution is 5.69. The minimum absolute atomic E-state index is 0.0403. The van der Waals surface area contributed by atoms with Crippen molar-refractivity contribution >= 4 is 5.97 Å². The van der Waals surface area contributed by atoms with Gasteiger partial charge in [-0.1, -0.05) is 18.9 Å². The summed E-state index contributed by atoms with van der Waals surface area (Å²) in [6.45, 7) is 0.591. The highest BCUT2D eigenvalue weighted by atomic mass is 16.5. The van der Waals surface area contributed by atoms with Crippen molar-refractivity contribution in [3.05, 3.63) is 29.3 Å². The van der Waals surface area contributed by atoms with E-state index in [4.69, 9.17) is 15.1 Å². The van der Waals surface area contributed by atoms with Crippen LogP contribution in [-0.2, 0) is 11.3 Å². The Hall–Kier alpha value is -2.06. The van der Waals surface area contributed by atoms with Crippen LogP contribution in [-0.4, -0.2) is 35.7 Å². The molecule has 0 radical (unpaired) electrons. The summed E-state index contributed by atoms with van der Waals surface area (Å²) in [5, 5.41) is 18.2. The first kappa shape index (κ1) is 15.3. The van der Waals surface area contributed by atoms with Gasteiger partial charge in [-0.25, -0.2) is 0 Å². The second kappa shape index (κ2) is 7.09. The molecule has 0 aliphatic heterocycles. The second-order valence-corrected chi connectivity index (χ2v) is 5.38. The molecule has 1 aromatic carbocycles. The van der Waals surface area contributed by atoms with Gasteiger partial charge in [-0.05, 0) is 30.5 Å². The predicted octanol–water partition coefficient (Wildman–Crippen LogP) is 2.40. The lowest BCUT2D eigenvalue weighted by Gasteiger charge is -2.27. The van der Waals surface area contributed by atoms with Crippen LogP contribution in [0.4, 0.5) is 0 Å².